The summed E-state index contributed by atoms with van der Waals surface area (Å²) in [4.78, 5) is -0.174. The van der Waals surface area contributed by atoms with Crippen molar-refractivity contribution in [2.45, 2.75) is 4.83 Å². The second-order valence-electron chi connectivity index (χ2n) is 3.71. The minimum atomic E-state index is -0.458. The molecule has 5 heteroatoms. The van der Waals surface area contributed by atoms with Crippen molar-refractivity contribution in [3.8, 4) is 0 Å². The van der Waals surface area contributed by atoms with Crippen LogP contribution < -0.4 is 0 Å². The fourth-order valence-corrected chi connectivity index (χ4v) is 2.69. The summed E-state index contributed by atoms with van der Waals surface area (Å²) in [6, 6.07) is 9.21. The molecule has 18 heavy (non-hydrogen) atoms. The fourth-order valence-electron chi connectivity index (χ4n) is 1.53. The molecule has 0 amide bonds. The first-order valence-corrected chi connectivity index (χ1v) is 7.11. The first kappa shape index (κ1) is 14.0. The molecule has 94 valence electrons. The SMILES string of the molecule is Fc1ccc(C(Br)c2ccc(F)c(Br)c2)cc1Cl. The summed E-state index contributed by atoms with van der Waals surface area (Å²) in [5.74, 6) is -0.781. The van der Waals surface area contributed by atoms with Crippen LogP contribution in [0.3, 0.4) is 0 Å². The predicted octanol–water partition coefficient (Wildman–Crippen LogP) is 5.87. The molecule has 2 aromatic rings. The maximum absolute atomic E-state index is 13.1. The van der Waals surface area contributed by atoms with Gasteiger partial charge in [0.2, 0.25) is 0 Å². The van der Waals surface area contributed by atoms with Gasteiger partial charge in [-0.25, -0.2) is 8.78 Å². The third kappa shape index (κ3) is 2.92. The van der Waals surface area contributed by atoms with Gasteiger partial charge < -0.3 is 0 Å². The fraction of sp³-hybridized carbons (Fsp3) is 0.0769. The molecule has 0 nitrogen and oxygen atoms in total. The first-order valence-electron chi connectivity index (χ1n) is 5.03. The van der Waals surface area contributed by atoms with Crippen molar-refractivity contribution in [2.75, 3.05) is 0 Å². The molecule has 0 saturated carbocycles. The van der Waals surface area contributed by atoms with Crippen LogP contribution in [-0.2, 0) is 0 Å². The van der Waals surface area contributed by atoms with Gasteiger partial charge in [-0.05, 0) is 51.3 Å². The highest BCUT2D eigenvalue weighted by Crippen LogP contribution is 2.34. The smallest absolute Gasteiger partial charge is 0.141 e. The zero-order chi connectivity index (χ0) is 13.3. The van der Waals surface area contributed by atoms with Crippen LogP contribution in [0, 0.1) is 11.6 Å². The Morgan fingerprint density at radius 2 is 1.50 bits per heavy atom. The van der Waals surface area contributed by atoms with Crippen LogP contribution in [0.4, 0.5) is 8.78 Å². The van der Waals surface area contributed by atoms with Crippen molar-refractivity contribution < 1.29 is 8.78 Å². The van der Waals surface area contributed by atoms with E-state index in [1.54, 1.807) is 24.3 Å². The highest BCUT2D eigenvalue weighted by atomic mass is 79.9. The van der Waals surface area contributed by atoms with Gasteiger partial charge in [-0.2, -0.15) is 0 Å². The molecule has 0 aliphatic heterocycles. The number of hydrogen-bond donors (Lipinski definition) is 0. The maximum atomic E-state index is 13.1. The molecule has 0 bridgehead atoms. The average Bonchev–Trinajstić information content (AvgIpc) is 2.35. The first-order chi connectivity index (χ1) is 8.49. The van der Waals surface area contributed by atoms with Crippen molar-refractivity contribution in [1.82, 2.24) is 0 Å². The van der Waals surface area contributed by atoms with Gasteiger partial charge in [-0.1, -0.05) is 39.7 Å². The third-order valence-corrected chi connectivity index (χ3v) is 4.43. The molecular formula is C13H7Br2ClF2. The minimum absolute atomic E-state index is 0.0677. The topological polar surface area (TPSA) is 0 Å². The maximum Gasteiger partial charge on any atom is 0.141 e. The lowest BCUT2D eigenvalue weighted by atomic mass is 10.0. The predicted molar refractivity (Wildman–Crippen MR) is 76.3 cm³/mol. The molecule has 0 N–H and O–H groups in total. The van der Waals surface area contributed by atoms with E-state index < -0.39 is 5.82 Å². The molecule has 2 aromatic carbocycles. The lowest BCUT2D eigenvalue weighted by molar-refractivity contribution is 0.620. The summed E-state index contributed by atoms with van der Waals surface area (Å²) in [6.45, 7) is 0. The monoisotopic (exact) mass is 394 g/mol. The molecule has 0 saturated heterocycles. The largest absolute Gasteiger partial charge is 0.206 e. The van der Waals surface area contributed by atoms with E-state index in [2.05, 4.69) is 31.9 Å². The molecule has 0 fully saturated rings. The van der Waals surface area contributed by atoms with Crippen LogP contribution in [0.2, 0.25) is 5.02 Å². The number of hydrogen-bond acceptors (Lipinski definition) is 0. The lowest BCUT2D eigenvalue weighted by Gasteiger charge is -2.12. The number of rotatable bonds is 2. The van der Waals surface area contributed by atoms with E-state index in [-0.39, 0.29) is 15.7 Å². The molecule has 0 spiro atoms. The van der Waals surface area contributed by atoms with Crippen molar-refractivity contribution in [2.24, 2.45) is 0 Å². The van der Waals surface area contributed by atoms with Gasteiger partial charge in [0.25, 0.3) is 0 Å². The molecule has 0 aliphatic carbocycles. The van der Waals surface area contributed by atoms with Gasteiger partial charge in [0.1, 0.15) is 11.6 Å². The summed E-state index contributed by atoms with van der Waals surface area (Å²) in [5, 5.41) is 0.0677. The van der Waals surface area contributed by atoms with Crippen LogP contribution >= 0.6 is 43.5 Å². The molecule has 2 rings (SSSR count). The Hall–Kier alpha value is -0.450. The van der Waals surface area contributed by atoms with Gasteiger partial charge in [-0.15, -0.1) is 0 Å². The number of benzene rings is 2. The minimum Gasteiger partial charge on any atom is -0.206 e. The zero-order valence-corrected chi connectivity index (χ0v) is 12.9. The number of halogens is 5. The third-order valence-electron chi connectivity index (χ3n) is 2.47. The van der Waals surface area contributed by atoms with Crippen LogP contribution in [-0.4, -0.2) is 0 Å². The van der Waals surface area contributed by atoms with Crippen LogP contribution in [0.25, 0.3) is 0 Å². The molecular weight excluding hydrogens is 389 g/mol. The Kier molecular flexibility index (Phi) is 4.41. The molecule has 0 heterocycles. The summed E-state index contributed by atoms with van der Waals surface area (Å²) in [6.07, 6.45) is 0. The molecule has 0 radical (unpaired) electrons. The van der Waals surface area contributed by atoms with Crippen molar-refractivity contribution in [3.63, 3.8) is 0 Å². The van der Waals surface area contributed by atoms with Gasteiger partial charge in [0.05, 0.1) is 14.3 Å². The van der Waals surface area contributed by atoms with Crippen LogP contribution in [0.1, 0.15) is 16.0 Å². The van der Waals surface area contributed by atoms with E-state index >= 15 is 0 Å². The van der Waals surface area contributed by atoms with E-state index in [0.29, 0.717) is 4.47 Å². The molecule has 1 unspecified atom stereocenters. The Morgan fingerprint density at radius 3 is 2.06 bits per heavy atom. The average molecular weight is 396 g/mol. The van der Waals surface area contributed by atoms with Crippen LogP contribution in [0.5, 0.6) is 0 Å². The zero-order valence-electron chi connectivity index (χ0n) is 8.93. The van der Waals surface area contributed by atoms with E-state index in [1.807, 2.05) is 0 Å². The number of alkyl halides is 1. The Bertz CT molecular complexity index is 536. The highest BCUT2D eigenvalue weighted by molar-refractivity contribution is 9.10. The Balaban J connectivity index is 2.37. The van der Waals surface area contributed by atoms with Gasteiger partial charge in [-0.3, -0.25) is 0 Å². The van der Waals surface area contributed by atoms with E-state index in [1.165, 1.54) is 12.1 Å². The molecule has 0 aliphatic rings. The summed E-state index contributed by atoms with van der Waals surface area (Å²) < 4.78 is 26.6. The highest BCUT2D eigenvalue weighted by Gasteiger charge is 2.13. The summed E-state index contributed by atoms with van der Waals surface area (Å²) in [5.41, 5.74) is 1.66. The van der Waals surface area contributed by atoms with Crippen molar-refractivity contribution >= 4 is 43.5 Å². The van der Waals surface area contributed by atoms with E-state index in [4.69, 9.17) is 11.6 Å². The van der Waals surface area contributed by atoms with Crippen LogP contribution in [0.15, 0.2) is 40.9 Å². The van der Waals surface area contributed by atoms with E-state index in [0.717, 1.165) is 11.1 Å². The van der Waals surface area contributed by atoms with Crippen molar-refractivity contribution in [1.29, 1.82) is 0 Å². The quantitative estimate of drug-likeness (QED) is 0.558. The second-order valence-corrected chi connectivity index (χ2v) is 5.89. The van der Waals surface area contributed by atoms with E-state index in [9.17, 15) is 8.78 Å². The second kappa shape index (κ2) is 5.68. The van der Waals surface area contributed by atoms with Crippen molar-refractivity contribution in [3.05, 3.63) is 68.7 Å². The van der Waals surface area contributed by atoms with Gasteiger partial charge in [0, 0.05) is 0 Å². The summed E-state index contributed by atoms with van der Waals surface area (Å²) >= 11 is 12.4. The molecule has 0 aromatic heterocycles. The van der Waals surface area contributed by atoms with Gasteiger partial charge in [0.15, 0.2) is 0 Å². The summed E-state index contributed by atoms with van der Waals surface area (Å²) in [7, 11) is 0. The lowest BCUT2D eigenvalue weighted by Crippen LogP contribution is -1.94. The standard InChI is InChI=1S/C13H7Br2ClF2/c14-9-5-7(1-3-11(9)17)13(15)8-2-4-12(18)10(16)6-8/h1-6,13H. The normalized spacial score (nSPS) is 12.5. The molecule has 1 atom stereocenters. The van der Waals surface area contributed by atoms with Gasteiger partial charge >= 0.3 is 0 Å². The Labute approximate surface area is 125 Å². The Morgan fingerprint density at radius 1 is 0.944 bits per heavy atom.